The molecule has 3 rings (SSSR count). The summed E-state index contributed by atoms with van der Waals surface area (Å²) in [6.07, 6.45) is 0. The minimum atomic E-state index is -0.609. The van der Waals surface area contributed by atoms with Crippen molar-refractivity contribution >= 4 is 23.3 Å². The summed E-state index contributed by atoms with van der Waals surface area (Å²) in [6.45, 7) is 0. The monoisotopic (exact) mass is 294 g/mol. The molecule has 0 fully saturated rings. The SMILES string of the molecule is N#Cc1c(F)cccc1-n1c(=S)[nH]c2c(C#N)cccc21. The van der Waals surface area contributed by atoms with Gasteiger partial charge in [0.2, 0.25) is 0 Å². The molecule has 4 nitrogen and oxygen atoms in total. The van der Waals surface area contributed by atoms with Gasteiger partial charge in [0.15, 0.2) is 4.77 Å². The van der Waals surface area contributed by atoms with Crippen molar-refractivity contribution in [1.29, 1.82) is 10.5 Å². The Labute approximate surface area is 124 Å². The first kappa shape index (κ1) is 13.0. The van der Waals surface area contributed by atoms with Crippen LogP contribution in [0.3, 0.4) is 0 Å². The van der Waals surface area contributed by atoms with Crippen LogP contribution < -0.4 is 0 Å². The molecule has 0 aliphatic heterocycles. The Kier molecular flexibility index (Phi) is 3.02. The highest BCUT2D eigenvalue weighted by Crippen LogP contribution is 2.25. The standard InChI is InChI=1S/C15H7FN4S/c16-11-4-2-5-12(10(11)8-18)20-13-6-1-3-9(7-17)14(13)19-15(20)21/h1-6H,(H,19,21). The first-order valence-electron chi connectivity index (χ1n) is 6.00. The van der Waals surface area contributed by atoms with Crippen LogP contribution in [0.2, 0.25) is 0 Å². The Balaban J connectivity index is 2.46. The lowest BCUT2D eigenvalue weighted by atomic mass is 10.1. The third-order valence-corrected chi connectivity index (χ3v) is 3.47. The van der Waals surface area contributed by atoms with Crippen LogP contribution in [-0.4, -0.2) is 9.55 Å². The van der Waals surface area contributed by atoms with Crippen LogP contribution in [-0.2, 0) is 0 Å². The molecular formula is C15H7FN4S. The molecular weight excluding hydrogens is 287 g/mol. The summed E-state index contributed by atoms with van der Waals surface area (Å²) < 4.78 is 15.7. The maximum Gasteiger partial charge on any atom is 0.182 e. The van der Waals surface area contributed by atoms with E-state index in [1.54, 1.807) is 28.8 Å². The molecule has 0 saturated carbocycles. The number of aromatic nitrogens is 2. The Bertz CT molecular complexity index is 1000. The average molecular weight is 294 g/mol. The molecule has 0 amide bonds. The topological polar surface area (TPSA) is 68.3 Å². The van der Waals surface area contributed by atoms with Crippen molar-refractivity contribution in [1.82, 2.24) is 9.55 Å². The van der Waals surface area contributed by atoms with Crippen LogP contribution >= 0.6 is 12.2 Å². The first-order chi connectivity index (χ1) is 10.2. The fraction of sp³-hybridized carbons (Fsp3) is 0. The van der Waals surface area contributed by atoms with Gasteiger partial charge in [0.05, 0.1) is 22.3 Å². The van der Waals surface area contributed by atoms with E-state index in [1.165, 1.54) is 12.1 Å². The van der Waals surface area contributed by atoms with E-state index in [-0.39, 0.29) is 5.56 Å². The summed E-state index contributed by atoms with van der Waals surface area (Å²) in [7, 11) is 0. The summed E-state index contributed by atoms with van der Waals surface area (Å²) >= 11 is 5.26. The van der Waals surface area contributed by atoms with Crippen LogP contribution in [0, 0.1) is 33.3 Å². The molecule has 0 unspecified atom stereocenters. The number of nitrogens with one attached hydrogen (secondary N) is 1. The van der Waals surface area contributed by atoms with Crippen LogP contribution in [0.15, 0.2) is 36.4 Å². The van der Waals surface area contributed by atoms with Gasteiger partial charge in [-0.15, -0.1) is 0 Å². The van der Waals surface area contributed by atoms with Gasteiger partial charge in [-0.05, 0) is 36.5 Å². The van der Waals surface area contributed by atoms with Crippen molar-refractivity contribution in [2.24, 2.45) is 0 Å². The minimum absolute atomic E-state index is 0.0862. The minimum Gasteiger partial charge on any atom is -0.329 e. The molecule has 6 heteroatoms. The van der Waals surface area contributed by atoms with E-state index in [4.69, 9.17) is 22.7 Å². The van der Waals surface area contributed by atoms with Gasteiger partial charge >= 0.3 is 0 Å². The first-order valence-corrected chi connectivity index (χ1v) is 6.41. The predicted molar refractivity (Wildman–Crippen MR) is 77.8 cm³/mol. The largest absolute Gasteiger partial charge is 0.329 e. The Hall–Kier alpha value is -2.96. The zero-order chi connectivity index (χ0) is 15.0. The van der Waals surface area contributed by atoms with Crippen molar-refractivity contribution in [2.75, 3.05) is 0 Å². The fourth-order valence-electron chi connectivity index (χ4n) is 2.27. The predicted octanol–water partition coefficient (Wildman–Crippen LogP) is 3.57. The molecule has 1 aromatic heterocycles. The van der Waals surface area contributed by atoms with E-state index in [0.29, 0.717) is 27.1 Å². The van der Waals surface area contributed by atoms with Crippen molar-refractivity contribution in [3.63, 3.8) is 0 Å². The zero-order valence-corrected chi connectivity index (χ0v) is 11.4. The number of H-pyrrole nitrogens is 1. The Morgan fingerprint density at radius 1 is 1.10 bits per heavy atom. The Morgan fingerprint density at radius 2 is 1.86 bits per heavy atom. The lowest BCUT2D eigenvalue weighted by molar-refractivity contribution is 0.622. The molecule has 1 N–H and O–H groups in total. The second-order valence-electron chi connectivity index (χ2n) is 4.32. The summed E-state index contributed by atoms with van der Waals surface area (Å²) in [4.78, 5) is 2.94. The number of benzene rings is 2. The number of halogens is 1. The van der Waals surface area contributed by atoms with Crippen LogP contribution in [0.4, 0.5) is 4.39 Å². The van der Waals surface area contributed by atoms with Gasteiger partial charge in [0, 0.05) is 0 Å². The summed E-state index contributed by atoms with van der Waals surface area (Å²) in [5, 5.41) is 18.3. The Morgan fingerprint density at radius 3 is 2.57 bits per heavy atom. The third kappa shape index (κ3) is 1.90. The second kappa shape index (κ2) is 4.86. The van der Waals surface area contributed by atoms with Crippen LogP contribution in [0.1, 0.15) is 11.1 Å². The number of hydrogen-bond acceptors (Lipinski definition) is 3. The van der Waals surface area contributed by atoms with Gasteiger partial charge < -0.3 is 4.98 Å². The molecule has 0 spiro atoms. The number of fused-ring (bicyclic) bond motifs is 1. The van der Waals surface area contributed by atoms with Crippen molar-refractivity contribution < 1.29 is 4.39 Å². The molecule has 21 heavy (non-hydrogen) atoms. The van der Waals surface area contributed by atoms with Crippen LogP contribution in [0.5, 0.6) is 0 Å². The molecule has 1 heterocycles. The summed E-state index contributed by atoms with van der Waals surface area (Å²) in [5.74, 6) is -0.609. The smallest absolute Gasteiger partial charge is 0.182 e. The third-order valence-electron chi connectivity index (χ3n) is 3.18. The van der Waals surface area contributed by atoms with E-state index in [0.717, 1.165) is 0 Å². The number of nitriles is 2. The molecule has 0 radical (unpaired) electrons. The van der Waals surface area contributed by atoms with Gasteiger partial charge in [-0.1, -0.05) is 12.1 Å². The molecule has 3 aromatic rings. The summed E-state index contributed by atoms with van der Waals surface area (Å²) in [5.41, 5.74) is 1.90. The van der Waals surface area contributed by atoms with E-state index >= 15 is 0 Å². The molecule has 100 valence electrons. The highest BCUT2D eigenvalue weighted by molar-refractivity contribution is 7.71. The van der Waals surface area contributed by atoms with E-state index in [9.17, 15) is 4.39 Å². The molecule has 0 atom stereocenters. The van der Waals surface area contributed by atoms with Crippen LogP contribution in [0.25, 0.3) is 16.7 Å². The number of hydrogen-bond donors (Lipinski definition) is 1. The van der Waals surface area contributed by atoms with Gasteiger partial charge in [0.1, 0.15) is 23.5 Å². The van der Waals surface area contributed by atoms with Crippen molar-refractivity contribution in [2.45, 2.75) is 0 Å². The van der Waals surface area contributed by atoms with Gasteiger partial charge in [0.25, 0.3) is 0 Å². The number of imidazole rings is 1. The molecule has 0 aliphatic carbocycles. The summed E-state index contributed by atoms with van der Waals surface area (Å²) in [6, 6.07) is 13.4. The quantitative estimate of drug-likeness (QED) is 0.698. The van der Waals surface area contributed by atoms with Gasteiger partial charge in [-0.3, -0.25) is 4.57 Å². The molecule has 0 saturated heterocycles. The van der Waals surface area contributed by atoms with Crippen molar-refractivity contribution in [3.05, 3.63) is 58.1 Å². The molecule has 0 aliphatic rings. The van der Waals surface area contributed by atoms with E-state index in [1.807, 2.05) is 6.07 Å². The molecule has 0 bridgehead atoms. The van der Waals surface area contributed by atoms with Crippen molar-refractivity contribution in [3.8, 4) is 17.8 Å². The normalized spacial score (nSPS) is 10.2. The maximum absolute atomic E-state index is 13.8. The van der Waals surface area contributed by atoms with Gasteiger partial charge in [-0.25, -0.2) is 4.39 Å². The average Bonchev–Trinajstić information content (AvgIpc) is 2.82. The highest BCUT2D eigenvalue weighted by atomic mass is 32.1. The fourth-order valence-corrected chi connectivity index (χ4v) is 2.57. The van der Waals surface area contributed by atoms with E-state index < -0.39 is 5.82 Å². The van der Waals surface area contributed by atoms with E-state index in [2.05, 4.69) is 11.1 Å². The zero-order valence-electron chi connectivity index (χ0n) is 10.6. The number of aromatic amines is 1. The lowest BCUT2D eigenvalue weighted by Gasteiger charge is -2.07. The maximum atomic E-state index is 13.8. The molecule has 2 aromatic carbocycles. The highest BCUT2D eigenvalue weighted by Gasteiger charge is 2.15. The lowest BCUT2D eigenvalue weighted by Crippen LogP contribution is -1.99. The number of nitrogens with zero attached hydrogens (tertiary/aromatic N) is 3. The number of rotatable bonds is 1. The number of para-hydroxylation sites is 1. The second-order valence-corrected chi connectivity index (χ2v) is 4.71. The van der Waals surface area contributed by atoms with Gasteiger partial charge in [-0.2, -0.15) is 10.5 Å².